The summed E-state index contributed by atoms with van der Waals surface area (Å²) in [5.41, 5.74) is 10.2. The van der Waals surface area contributed by atoms with E-state index in [0.29, 0.717) is 5.92 Å². The van der Waals surface area contributed by atoms with Gasteiger partial charge < -0.3 is 5.73 Å². The van der Waals surface area contributed by atoms with Crippen LogP contribution in [0.1, 0.15) is 41.9 Å². The molecule has 1 aliphatic carbocycles. The van der Waals surface area contributed by atoms with Crippen LogP contribution in [0.15, 0.2) is 18.2 Å². The Bertz CT molecular complexity index is 343. The molecule has 0 heterocycles. The first-order chi connectivity index (χ1) is 7.22. The Hall–Kier alpha value is -0.820. The van der Waals surface area contributed by atoms with Gasteiger partial charge in [-0.2, -0.15) is 0 Å². The van der Waals surface area contributed by atoms with E-state index >= 15 is 0 Å². The Balaban J connectivity index is 2.31. The first-order valence-corrected chi connectivity index (χ1v) is 5.99. The zero-order chi connectivity index (χ0) is 10.8. The van der Waals surface area contributed by atoms with Crippen molar-refractivity contribution in [3.8, 4) is 0 Å². The highest BCUT2D eigenvalue weighted by Gasteiger charge is 2.28. The van der Waals surface area contributed by atoms with Crippen LogP contribution in [0.2, 0.25) is 0 Å². The van der Waals surface area contributed by atoms with Crippen LogP contribution in [-0.4, -0.2) is 6.54 Å². The Morgan fingerprint density at radius 1 is 1.27 bits per heavy atom. The number of nitrogens with two attached hydrogens (primary N) is 1. The summed E-state index contributed by atoms with van der Waals surface area (Å²) in [4.78, 5) is 0. The average molecular weight is 203 g/mol. The molecule has 1 aromatic rings. The molecule has 2 atom stereocenters. The molecule has 1 aliphatic rings. The molecular formula is C14H21N. The van der Waals surface area contributed by atoms with Gasteiger partial charge in [0, 0.05) is 0 Å². The lowest BCUT2D eigenvalue weighted by Crippen LogP contribution is -2.17. The predicted molar refractivity (Wildman–Crippen MR) is 65.1 cm³/mol. The molecule has 1 nitrogen and oxygen atoms in total. The Kier molecular flexibility index (Phi) is 3.11. The number of hydrogen-bond acceptors (Lipinski definition) is 1. The van der Waals surface area contributed by atoms with Crippen molar-refractivity contribution >= 4 is 0 Å². The summed E-state index contributed by atoms with van der Waals surface area (Å²) in [6.45, 7) is 5.24. The lowest BCUT2D eigenvalue weighted by atomic mass is 9.85. The van der Waals surface area contributed by atoms with Crippen LogP contribution in [0, 0.1) is 19.8 Å². The second-order valence-electron chi connectivity index (χ2n) is 4.89. The third kappa shape index (κ3) is 2.07. The van der Waals surface area contributed by atoms with Crippen LogP contribution in [0.5, 0.6) is 0 Å². The van der Waals surface area contributed by atoms with Crippen molar-refractivity contribution in [1.29, 1.82) is 0 Å². The summed E-state index contributed by atoms with van der Waals surface area (Å²) in [7, 11) is 0. The van der Waals surface area contributed by atoms with Gasteiger partial charge in [0.15, 0.2) is 0 Å². The zero-order valence-electron chi connectivity index (χ0n) is 9.79. The number of aryl methyl sites for hydroxylation is 2. The fourth-order valence-corrected chi connectivity index (χ4v) is 2.89. The van der Waals surface area contributed by atoms with Crippen LogP contribution in [0.25, 0.3) is 0 Å². The molecule has 2 rings (SSSR count). The molecule has 82 valence electrons. The van der Waals surface area contributed by atoms with E-state index in [0.717, 1.165) is 12.5 Å². The molecule has 0 amide bonds. The van der Waals surface area contributed by atoms with Crippen molar-refractivity contribution in [2.24, 2.45) is 11.7 Å². The van der Waals surface area contributed by atoms with E-state index in [1.165, 1.54) is 30.4 Å². The van der Waals surface area contributed by atoms with Crippen molar-refractivity contribution in [1.82, 2.24) is 0 Å². The smallest absolute Gasteiger partial charge is 0.00430 e. The van der Waals surface area contributed by atoms with Gasteiger partial charge in [0.05, 0.1) is 0 Å². The Morgan fingerprint density at radius 2 is 2.07 bits per heavy atom. The minimum atomic E-state index is 0.713. The predicted octanol–water partition coefficient (Wildman–Crippen LogP) is 3.15. The first kappa shape index (κ1) is 10.7. The molecule has 2 unspecified atom stereocenters. The van der Waals surface area contributed by atoms with Crippen LogP contribution >= 0.6 is 0 Å². The normalized spacial score (nSPS) is 25.8. The second-order valence-corrected chi connectivity index (χ2v) is 4.89. The van der Waals surface area contributed by atoms with Gasteiger partial charge in [-0.15, -0.1) is 0 Å². The third-order valence-corrected chi connectivity index (χ3v) is 3.80. The third-order valence-electron chi connectivity index (χ3n) is 3.80. The molecule has 0 radical (unpaired) electrons. The van der Waals surface area contributed by atoms with E-state index < -0.39 is 0 Å². The maximum absolute atomic E-state index is 5.85. The lowest BCUT2D eigenvalue weighted by molar-refractivity contribution is 0.494. The van der Waals surface area contributed by atoms with Gasteiger partial charge in [-0.05, 0) is 56.2 Å². The highest BCUT2D eigenvalue weighted by molar-refractivity contribution is 5.34. The molecule has 1 saturated carbocycles. The summed E-state index contributed by atoms with van der Waals surface area (Å²) in [5.74, 6) is 1.43. The molecule has 15 heavy (non-hydrogen) atoms. The van der Waals surface area contributed by atoms with E-state index in [1.807, 2.05) is 0 Å². The fraction of sp³-hybridized carbons (Fsp3) is 0.571. The summed E-state index contributed by atoms with van der Waals surface area (Å²) in [6, 6.07) is 6.80. The number of benzene rings is 1. The monoisotopic (exact) mass is 203 g/mol. The molecule has 1 aromatic carbocycles. The standard InChI is InChI=1S/C14H21N/c1-10-6-7-11(2)14(8-10)13-5-3-4-12(13)9-15/h6-8,12-13H,3-5,9,15H2,1-2H3. The Labute approximate surface area is 92.7 Å². The fourth-order valence-electron chi connectivity index (χ4n) is 2.89. The van der Waals surface area contributed by atoms with Crippen molar-refractivity contribution in [2.75, 3.05) is 6.54 Å². The summed E-state index contributed by atoms with van der Waals surface area (Å²) in [6.07, 6.45) is 3.99. The van der Waals surface area contributed by atoms with Gasteiger partial charge in [-0.1, -0.05) is 30.2 Å². The molecular weight excluding hydrogens is 182 g/mol. The maximum atomic E-state index is 5.85. The average Bonchev–Trinajstić information content (AvgIpc) is 2.69. The van der Waals surface area contributed by atoms with Crippen molar-refractivity contribution in [3.05, 3.63) is 34.9 Å². The van der Waals surface area contributed by atoms with E-state index in [9.17, 15) is 0 Å². The maximum Gasteiger partial charge on any atom is -0.00430 e. The zero-order valence-corrected chi connectivity index (χ0v) is 9.79. The van der Waals surface area contributed by atoms with Crippen LogP contribution in [0.3, 0.4) is 0 Å². The summed E-state index contributed by atoms with van der Waals surface area (Å²) in [5, 5.41) is 0. The molecule has 0 aromatic heterocycles. The van der Waals surface area contributed by atoms with Crippen LogP contribution in [-0.2, 0) is 0 Å². The van der Waals surface area contributed by atoms with Gasteiger partial charge in [0.1, 0.15) is 0 Å². The van der Waals surface area contributed by atoms with Gasteiger partial charge >= 0.3 is 0 Å². The van der Waals surface area contributed by atoms with Gasteiger partial charge in [-0.25, -0.2) is 0 Å². The Morgan fingerprint density at radius 3 is 2.80 bits per heavy atom. The molecule has 2 N–H and O–H groups in total. The molecule has 1 heteroatoms. The van der Waals surface area contributed by atoms with Gasteiger partial charge in [0.25, 0.3) is 0 Å². The van der Waals surface area contributed by atoms with Gasteiger partial charge in [0.2, 0.25) is 0 Å². The van der Waals surface area contributed by atoms with Crippen molar-refractivity contribution < 1.29 is 0 Å². The first-order valence-electron chi connectivity index (χ1n) is 5.99. The summed E-state index contributed by atoms with van der Waals surface area (Å²) >= 11 is 0. The van der Waals surface area contributed by atoms with Crippen LogP contribution in [0.4, 0.5) is 0 Å². The molecule has 1 fully saturated rings. The summed E-state index contributed by atoms with van der Waals surface area (Å²) < 4.78 is 0. The quantitative estimate of drug-likeness (QED) is 0.785. The number of hydrogen-bond donors (Lipinski definition) is 1. The minimum absolute atomic E-state index is 0.713. The second kappa shape index (κ2) is 4.36. The van der Waals surface area contributed by atoms with Crippen molar-refractivity contribution in [3.63, 3.8) is 0 Å². The van der Waals surface area contributed by atoms with E-state index in [1.54, 1.807) is 5.56 Å². The van der Waals surface area contributed by atoms with Crippen molar-refractivity contribution in [2.45, 2.75) is 39.0 Å². The highest BCUT2D eigenvalue weighted by atomic mass is 14.6. The lowest BCUT2D eigenvalue weighted by Gasteiger charge is -2.20. The minimum Gasteiger partial charge on any atom is -0.330 e. The number of rotatable bonds is 2. The molecule has 0 spiro atoms. The topological polar surface area (TPSA) is 26.0 Å². The highest BCUT2D eigenvalue weighted by Crippen LogP contribution is 2.40. The molecule has 0 bridgehead atoms. The largest absolute Gasteiger partial charge is 0.330 e. The van der Waals surface area contributed by atoms with Crippen LogP contribution < -0.4 is 5.73 Å². The van der Waals surface area contributed by atoms with E-state index in [2.05, 4.69) is 32.0 Å². The molecule has 0 aliphatic heterocycles. The van der Waals surface area contributed by atoms with E-state index in [4.69, 9.17) is 5.73 Å². The van der Waals surface area contributed by atoms with E-state index in [-0.39, 0.29) is 0 Å². The van der Waals surface area contributed by atoms with Gasteiger partial charge in [-0.3, -0.25) is 0 Å². The SMILES string of the molecule is Cc1ccc(C)c(C2CCCC2CN)c1. The molecule has 0 saturated heterocycles.